The number of hydrogen-bond acceptors (Lipinski definition) is 4. The molecule has 14 heavy (non-hydrogen) atoms. The number of sulfone groups is 1. The Labute approximate surface area is 84.4 Å². The Bertz CT molecular complexity index is 273. The predicted molar refractivity (Wildman–Crippen MR) is 54.0 cm³/mol. The molecule has 0 saturated heterocycles. The highest BCUT2D eigenvalue weighted by Crippen LogP contribution is 1.94. The van der Waals surface area contributed by atoms with Crippen LogP contribution in [0.25, 0.3) is 0 Å². The minimum absolute atomic E-state index is 0.0104. The van der Waals surface area contributed by atoms with Crippen molar-refractivity contribution in [3.8, 4) is 0 Å². The van der Waals surface area contributed by atoms with Gasteiger partial charge in [0.1, 0.15) is 0 Å². The second-order valence-electron chi connectivity index (χ2n) is 3.20. The molecule has 0 saturated carbocycles. The molecule has 6 heteroatoms. The van der Waals surface area contributed by atoms with Gasteiger partial charge < -0.3 is 10.4 Å². The van der Waals surface area contributed by atoms with E-state index in [0.29, 0.717) is 6.54 Å². The maximum Gasteiger partial charge on any atom is 0.304 e. The smallest absolute Gasteiger partial charge is 0.304 e. The number of rotatable bonds is 7. The molecule has 84 valence electrons. The van der Waals surface area contributed by atoms with E-state index in [9.17, 15) is 13.2 Å². The number of carboxylic acid groups (broad SMARTS) is 1. The van der Waals surface area contributed by atoms with Gasteiger partial charge in [-0.3, -0.25) is 4.79 Å². The Morgan fingerprint density at radius 2 is 2.07 bits per heavy atom. The molecule has 0 spiro atoms. The normalized spacial score (nSPS) is 13.9. The molecule has 0 aliphatic heterocycles. The molecular formula is C8H17NO4S. The fourth-order valence-electron chi connectivity index (χ4n) is 0.983. The Morgan fingerprint density at radius 1 is 1.50 bits per heavy atom. The summed E-state index contributed by atoms with van der Waals surface area (Å²) >= 11 is 0. The van der Waals surface area contributed by atoms with E-state index in [1.165, 1.54) is 0 Å². The van der Waals surface area contributed by atoms with E-state index in [1.54, 1.807) is 13.8 Å². The number of nitrogens with one attached hydrogen (secondary N) is 1. The van der Waals surface area contributed by atoms with Crippen molar-refractivity contribution in [2.45, 2.75) is 26.3 Å². The molecule has 0 aromatic carbocycles. The standard InChI is InChI=1S/C8H17NO4S/c1-3-14(12,13)6-7(2)9-5-4-8(10)11/h7,9H,3-6H2,1-2H3,(H,10,11). The molecule has 0 aromatic heterocycles. The van der Waals surface area contributed by atoms with Gasteiger partial charge in [-0.15, -0.1) is 0 Å². The molecule has 5 nitrogen and oxygen atoms in total. The summed E-state index contributed by atoms with van der Waals surface area (Å²) in [5.41, 5.74) is 0. The molecule has 0 fully saturated rings. The molecule has 0 radical (unpaired) electrons. The Kier molecular flexibility index (Phi) is 5.71. The van der Waals surface area contributed by atoms with Crippen molar-refractivity contribution in [2.75, 3.05) is 18.1 Å². The van der Waals surface area contributed by atoms with Crippen LogP contribution in [0.4, 0.5) is 0 Å². The molecule has 0 aliphatic rings. The molecule has 2 N–H and O–H groups in total. The minimum atomic E-state index is -2.98. The quantitative estimate of drug-likeness (QED) is 0.628. The van der Waals surface area contributed by atoms with Gasteiger partial charge in [-0.05, 0) is 6.92 Å². The van der Waals surface area contributed by atoms with Crippen LogP contribution in [0.5, 0.6) is 0 Å². The van der Waals surface area contributed by atoms with Gasteiger partial charge in [-0.2, -0.15) is 0 Å². The van der Waals surface area contributed by atoms with Crippen molar-refractivity contribution in [1.29, 1.82) is 0 Å². The largest absolute Gasteiger partial charge is 0.481 e. The molecule has 0 aromatic rings. The molecule has 0 bridgehead atoms. The van der Waals surface area contributed by atoms with E-state index in [4.69, 9.17) is 5.11 Å². The summed E-state index contributed by atoms with van der Waals surface area (Å²) in [5.74, 6) is -0.704. The van der Waals surface area contributed by atoms with Crippen LogP contribution in [0, 0.1) is 0 Å². The highest BCUT2D eigenvalue weighted by molar-refractivity contribution is 7.91. The Morgan fingerprint density at radius 3 is 2.50 bits per heavy atom. The molecule has 0 rings (SSSR count). The van der Waals surface area contributed by atoms with Gasteiger partial charge in [0.25, 0.3) is 0 Å². The van der Waals surface area contributed by atoms with E-state index < -0.39 is 15.8 Å². The number of carbonyl (C=O) groups is 1. The van der Waals surface area contributed by atoms with Crippen LogP contribution in [0.2, 0.25) is 0 Å². The number of carboxylic acids is 1. The van der Waals surface area contributed by atoms with E-state index in [0.717, 1.165) is 0 Å². The Balaban J connectivity index is 3.76. The highest BCUT2D eigenvalue weighted by Gasteiger charge is 2.12. The molecule has 0 heterocycles. The topological polar surface area (TPSA) is 83.5 Å². The van der Waals surface area contributed by atoms with E-state index >= 15 is 0 Å². The second-order valence-corrected chi connectivity index (χ2v) is 5.60. The molecular weight excluding hydrogens is 206 g/mol. The van der Waals surface area contributed by atoms with Gasteiger partial charge in [0.15, 0.2) is 9.84 Å². The fourth-order valence-corrected chi connectivity index (χ4v) is 2.10. The second kappa shape index (κ2) is 5.98. The summed E-state index contributed by atoms with van der Waals surface area (Å²) in [7, 11) is -2.98. The first kappa shape index (κ1) is 13.4. The summed E-state index contributed by atoms with van der Waals surface area (Å²) < 4.78 is 22.3. The molecule has 0 amide bonds. The van der Waals surface area contributed by atoms with Crippen LogP contribution >= 0.6 is 0 Å². The lowest BCUT2D eigenvalue weighted by molar-refractivity contribution is -0.136. The van der Waals surface area contributed by atoms with Gasteiger partial charge >= 0.3 is 5.97 Å². The summed E-state index contributed by atoms with van der Waals surface area (Å²) in [6, 6.07) is -0.195. The van der Waals surface area contributed by atoms with Crippen LogP contribution in [-0.2, 0) is 14.6 Å². The third-order valence-electron chi connectivity index (χ3n) is 1.78. The molecule has 0 aliphatic carbocycles. The van der Waals surface area contributed by atoms with Gasteiger partial charge in [0.2, 0.25) is 0 Å². The lowest BCUT2D eigenvalue weighted by atomic mass is 10.3. The first-order chi connectivity index (χ1) is 6.37. The van der Waals surface area contributed by atoms with Crippen molar-refractivity contribution >= 4 is 15.8 Å². The van der Waals surface area contributed by atoms with Crippen molar-refractivity contribution in [3.63, 3.8) is 0 Å². The van der Waals surface area contributed by atoms with Crippen LogP contribution in [0.3, 0.4) is 0 Å². The maximum absolute atomic E-state index is 11.2. The van der Waals surface area contributed by atoms with Crippen molar-refractivity contribution < 1.29 is 18.3 Å². The van der Waals surface area contributed by atoms with E-state index in [-0.39, 0.29) is 24.0 Å². The number of hydrogen-bond donors (Lipinski definition) is 2. The van der Waals surface area contributed by atoms with E-state index in [1.807, 2.05) is 0 Å². The van der Waals surface area contributed by atoms with Crippen LogP contribution in [-0.4, -0.2) is 43.6 Å². The van der Waals surface area contributed by atoms with Crippen LogP contribution < -0.4 is 5.32 Å². The summed E-state index contributed by atoms with van der Waals surface area (Å²) in [4.78, 5) is 10.2. The van der Waals surface area contributed by atoms with Crippen molar-refractivity contribution in [2.24, 2.45) is 0 Å². The van der Waals surface area contributed by atoms with Crippen molar-refractivity contribution in [3.05, 3.63) is 0 Å². The predicted octanol–water partition coefficient (Wildman–Crippen LogP) is -0.126. The summed E-state index contributed by atoms with van der Waals surface area (Å²) in [6.45, 7) is 3.63. The minimum Gasteiger partial charge on any atom is -0.481 e. The zero-order valence-electron chi connectivity index (χ0n) is 8.49. The molecule has 1 atom stereocenters. The SMILES string of the molecule is CCS(=O)(=O)CC(C)NCCC(=O)O. The third-order valence-corrected chi connectivity index (χ3v) is 3.66. The highest BCUT2D eigenvalue weighted by atomic mass is 32.2. The summed E-state index contributed by atoms with van der Waals surface area (Å²) in [5, 5.41) is 11.2. The van der Waals surface area contributed by atoms with Gasteiger partial charge in [-0.1, -0.05) is 6.92 Å². The summed E-state index contributed by atoms with van der Waals surface area (Å²) in [6.07, 6.45) is 0.0104. The lowest BCUT2D eigenvalue weighted by Crippen LogP contribution is -2.34. The fraction of sp³-hybridized carbons (Fsp3) is 0.875. The van der Waals surface area contributed by atoms with Crippen LogP contribution in [0.1, 0.15) is 20.3 Å². The van der Waals surface area contributed by atoms with Gasteiger partial charge in [0.05, 0.1) is 12.2 Å². The third kappa shape index (κ3) is 6.85. The average molecular weight is 223 g/mol. The zero-order valence-corrected chi connectivity index (χ0v) is 9.30. The van der Waals surface area contributed by atoms with Gasteiger partial charge in [-0.25, -0.2) is 8.42 Å². The zero-order chi connectivity index (χ0) is 11.2. The molecule has 1 unspecified atom stereocenters. The van der Waals surface area contributed by atoms with Gasteiger partial charge in [0, 0.05) is 18.3 Å². The van der Waals surface area contributed by atoms with Crippen molar-refractivity contribution in [1.82, 2.24) is 5.32 Å². The van der Waals surface area contributed by atoms with Crippen LogP contribution in [0.15, 0.2) is 0 Å². The Hall–Kier alpha value is -0.620. The first-order valence-corrected chi connectivity index (χ1v) is 6.35. The lowest BCUT2D eigenvalue weighted by Gasteiger charge is -2.12. The average Bonchev–Trinajstić information content (AvgIpc) is 2.02. The first-order valence-electron chi connectivity index (χ1n) is 4.53. The number of aliphatic carboxylic acids is 1. The van der Waals surface area contributed by atoms with E-state index in [2.05, 4.69) is 5.32 Å². The monoisotopic (exact) mass is 223 g/mol. The maximum atomic E-state index is 11.2.